The summed E-state index contributed by atoms with van der Waals surface area (Å²) in [5, 5.41) is -5.92. The van der Waals surface area contributed by atoms with E-state index in [0.717, 1.165) is 0 Å². The van der Waals surface area contributed by atoms with E-state index in [1.807, 2.05) is 0 Å². The third-order valence-electron chi connectivity index (χ3n) is 4.41. The Labute approximate surface area is 111 Å². The smallest absolute Gasteiger partial charge is 0.281 e. The fourth-order valence-corrected chi connectivity index (χ4v) is 4.15. The van der Waals surface area contributed by atoms with E-state index in [2.05, 4.69) is 0 Å². The highest BCUT2D eigenvalue weighted by Crippen LogP contribution is 2.62. The lowest BCUT2D eigenvalue weighted by molar-refractivity contribution is -0.304. The van der Waals surface area contributed by atoms with E-state index in [0.29, 0.717) is 6.42 Å². The van der Waals surface area contributed by atoms with Gasteiger partial charge < -0.3 is 0 Å². The van der Waals surface area contributed by atoms with Crippen molar-refractivity contribution in [3.05, 3.63) is 0 Å². The summed E-state index contributed by atoms with van der Waals surface area (Å²) in [4.78, 5) is 0. The zero-order chi connectivity index (χ0) is 15.6. The van der Waals surface area contributed by atoms with Crippen LogP contribution < -0.4 is 0 Å². The van der Waals surface area contributed by atoms with Crippen LogP contribution in [0.25, 0.3) is 0 Å². The summed E-state index contributed by atoms with van der Waals surface area (Å²) < 4.78 is 109. The molecule has 2 fully saturated rings. The van der Waals surface area contributed by atoms with Crippen LogP contribution in [0.4, 0.5) is 26.3 Å². The molecule has 0 aromatic carbocycles. The quantitative estimate of drug-likeness (QED) is 0.640. The molecule has 10 heteroatoms. The Morgan fingerprint density at radius 2 is 1.50 bits per heavy atom. The Hall–Kier alpha value is -0.510. The molecule has 1 N–H and O–H groups in total. The highest BCUT2D eigenvalue weighted by atomic mass is 32.2. The molecular weight excluding hydrogens is 314 g/mol. The normalized spacial score (nSPS) is 34.2. The van der Waals surface area contributed by atoms with Crippen LogP contribution in [-0.2, 0) is 10.1 Å². The molecule has 20 heavy (non-hydrogen) atoms. The highest BCUT2D eigenvalue weighted by Gasteiger charge is 2.81. The second-order valence-corrected chi connectivity index (χ2v) is 6.95. The van der Waals surface area contributed by atoms with Crippen LogP contribution in [0.1, 0.15) is 25.7 Å². The van der Waals surface area contributed by atoms with Gasteiger partial charge in [0, 0.05) is 5.92 Å². The van der Waals surface area contributed by atoms with Crippen LogP contribution >= 0.6 is 0 Å². The highest BCUT2D eigenvalue weighted by molar-refractivity contribution is 7.87. The first-order valence-corrected chi connectivity index (χ1v) is 7.37. The van der Waals surface area contributed by atoms with Crippen molar-refractivity contribution < 1.29 is 39.3 Å². The van der Waals surface area contributed by atoms with Crippen molar-refractivity contribution in [1.29, 1.82) is 0 Å². The van der Waals surface area contributed by atoms with Gasteiger partial charge >= 0.3 is 21.5 Å². The van der Waals surface area contributed by atoms with Crippen molar-refractivity contribution in [2.45, 2.75) is 42.8 Å². The van der Waals surface area contributed by atoms with Gasteiger partial charge in [-0.25, -0.2) is 4.39 Å². The van der Waals surface area contributed by atoms with Gasteiger partial charge in [0.25, 0.3) is 5.67 Å². The summed E-state index contributed by atoms with van der Waals surface area (Å²) in [6.45, 7) is 0. The van der Waals surface area contributed by atoms with Crippen LogP contribution in [0.5, 0.6) is 0 Å². The van der Waals surface area contributed by atoms with Gasteiger partial charge in [0.15, 0.2) is 0 Å². The number of alkyl halides is 6. The minimum Gasteiger partial charge on any atom is -0.281 e. The van der Waals surface area contributed by atoms with Gasteiger partial charge in [-0.1, -0.05) is 6.42 Å². The molecule has 2 rings (SSSR count). The second kappa shape index (κ2) is 4.25. The summed E-state index contributed by atoms with van der Waals surface area (Å²) in [6.07, 6.45) is -5.70. The van der Waals surface area contributed by atoms with Gasteiger partial charge in [0.1, 0.15) is 0 Å². The van der Waals surface area contributed by atoms with E-state index in [1.165, 1.54) is 0 Å². The standard InChI is InChI=1S/C10H12F6O3S/c11-8(9(12,13)14,10(15,16)20(17,18)19)7-4-5-1-2-6(7)3-5/h5-7H,1-4H2,(H,17,18,19). The van der Waals surface area contributed by atoms with Gasteiger partial charge in [-0.3, -0.25) is 4.55 Å². The maximum Gasteiger partial charge on any atom is 0.430 e. The lowest BCUT2D eigenvalue weighted by atomic mass is 9.76. The zero-order valence-corrected chi connectivity index (χ0v) is 10.8. The molecule has 3 nitrogen and oxygen atoms in total. The zero-order valence-electron chi connectivity index (χ0n) is 10.0. The predicted molar refractivity (Wildman–Crippen MR) is 55.3 cm³/mol. The SMILES string of the molecule is O=S(=O)(O)C(F)(F)C(F)(C1CC2CCC1C2)C(F)(F)F. The van der Waals surface area contributed by atoms with Crippen molar-refractivity contribution in [2.24, 2.45) is 17.8 Å². The van der Waals surface area contributed by atoms with Crippen LogP contribution in [0.15, 0.2) is 0 Å². The van der Waals surface area contributed by atoms with Gasteiger partial charge in [-0.05, 0) is 31.1 Å². The molecule has 2 aliphatic carbocycles. The first-order valence-electron chi connectivity index (χ1n) is 5.93. The molecule has 0 spiro atoms. The molecule has 2 saturated carbocycles. The molecule has 0 heterocycles. The fraction of sp³-hybridized carbons (Fsp3) is 1.00. The molecule has 0 radical (unpaired) electrons. The minimum atomic E-state index is -6.53. The summed E-state index contributed by atoms with van der Waals surface area (Å²) >= 11 is 0. The minimum absolute atomic E-state index is 0.151. The maximum atomic E-state index is 14.3. The monoisotopic (exact) mass is 326 g/mol. The molecule has 0 aromatic rings. The number of fused-ring (bicyclic) bond motifs is 2. The Morgan fingerprint density at radius 1 is 0.950 bits per heavy atom. The van der Waals surface area contributed by atoms with E-state index >= 15 is 0 Å². The van der Waals surface area contributed by atoms with Gasteiger partial charge in [0.2, 0.25) is 0 Å². The lowest BCUT2D eigenvalue weighted by Gasteiger charge is -2.40. The molecular formula is C10H12F6O3S. The number of hydrogen-bond acceptors (Lipinski definition) is 2. The summed E-state index contributed by atoms with van der Waals surface area (Å²) in [6, 6.07) is 0. The van der Waals surface area contributed by atoms with Gasteiger partial charge in [0.05, 0.1) is 0 Å². The van der Waals surface area contributed by atoms with Crippen molar-refractivity contribution in [3.63, 3.8) is 0 Å². The van der Waals surface area contributed by atoms with Crippen molar-refractivity contribution in [2.75, 3.05) is 0 Å². The average Bonchev–Trinajstić information content (AvgIpc) is 2.85. The maximum absolute atomic E-state index is 14.3. The average molecular weight is 326 g/mol. The third-order valence-corrected chi connectivity index (χ3v) is 5.35. The topological polar surface area (TPSA) is 54.4 Å². The Balaban J connectivity index is 2.53. The van der Waals surface area contributed by atoms with Crippen LogP contribution in [0.3, 0.4) is 0 Å². The van der Waals surface area contributed by atoms with E-state index in [4.69, 9.17) is 4.55 Å². The second-order valence-electron chi connectivity index (χ2n) is 5.48. The van der Waals surface area contributed by atoms with Crippen LogP contribution in [-0.4, -0.2) is 30.1 Å². The molecule has 2 bridgehead atoms. The Morgan fingerprint density at radius 3 is 1.80 bits per heavy atom. The summed E-state index contributed by atoms with van der Waals surface area (Å²) in [5.41, 5.74) is -5.27. The molecule has 4 atom stereocenters. The first kappa shape index (κ1) is 15.9. The van der Waals surface area contributed by atoms with Crippen molar-refractivity contribution in [1.82, 2.24) is 0 Å². The molecule has 118 valence electrons. The molecule has 0 aliphatic heterocycles. The first-order chi connectivity index (χ1) is 8.82. The van der Waals surface area contributed by atoms with E-state index in [9.17, 15) is 34.8 Å². The third kappa shape index (κ3) is 1.94. The molecule has 0 amide bonds. The van der Waals surface area contributed by atoms with Crippen molar-refractivity contribution >= 4 is 10.1 Å². The largest absolute Gasteiger partial charge is 0.430 e. The Bertz CT molecular complexity index is 502. The number of rotatable bonds is 3. The Kier molecular flexibility index (Phi) is 3.37. The fourth-order valence-electron chi connectivity index (χ4n) is 3.51. The van der Waals surface area contributed by atoms with Crippen LogP contribution in [0, 0.1) is 17.8 Å². The lowest BCUT2D eigenvalue weighted by Crippen LogP contribution is -2.63. The number of hydrogen-bond donors (Lipinski definition) is 1. The van der Waals surface area contributed by atoms with E-state index in [-0.39, 0.29) is 18.8 Å². The molecule has 0 aromatic heterocycles. The van der Waals surface area contributed by atoms with Gasteiger partial charge in [-0.15, -0.1) is 0 Å². The van der Waals surface area contributed by atoms with Gasteiger partial charge in [-0.2, -0.15) is 30.4 Å². The summed E-state index contributed by atoms with van der Waals surface area (Å²) in [7, 11) is -6.53. The molecule has 0 saturated heterocycles. The number of halogens is 6. The predicted octanol–water partition coefficient (Wildman–Crippen LogP) is 3.17. The van der Waals surface area contributed by atoms with Crippen LogP contribution in [0.2, 0.25) is 0 Å². The summed E-state index contributed by atoms with van der Waals surface area (Å²) in [5.74, 6) is -3.41. The molecule has 2 aliphatic rings. The molecule has 4 unspecified atom stereocenters. The van der Waals surface area contributed by atoms with E-state index in [1.54, 1.807) is 0 Å². The van der Waals surface area contributed by atoms with Crippen molar-refractivity contribution in [3.8, 4) is 0 Å². The van der Waals surface area contributed by atoms with E-state index < -0.39 is 45.5 Å².